The van der Waals surface area contributed by atoms with Crippen LogP contribution in [0.1, 0.15) is 29.6 Å². The number of nitriles is 1. The summed E-state index contributed by atoms with van der Waals surface area (Å²) in [7, 11) is 0. The Morgan fingerprint density at radius 2 is 2.00 bits per heavy atom. The van der Waals surface area contributed by atoms with Crippen molar-refractivity contribution in [1.82, 2.24) is 0 Å². The minimum absolute atomic E-state index is 0.529. The fourth-order valence-corrected chi connectivity index (χ4v) is 2.01. The Bertz CT molecular complexity index is 614. The van der Waals surface area contributed by atoms with Crippen LogP contribution in [0.15, 0.2) is 36.4 Å². The molecule has 3 nitrogen and oxygen atoms in total. The van der Waals surface area contributed by atoms with E-state index in [4.69, 9.17) is 10.00 Å². The summed E-state index contributed by atoms with van der Waals surface area (Å²) in [5.74, 6) is 0.616. The van der Waals surface area contributed by atoms with Crippen LogP contribution in [0.2, 0.25) is 0 Å². The molecule has 2 rings (SSSR count). The van der Waals surface area contributed by atoms with Gasteiger partial charge in [-0.3, -0.25) is 4.79 Å². The van der Waals surface area contributed by atoms with E-state index in [9.17, 15) is 4.79 Å². The molecule has 0 aromatic heterocycles. The van der Waals surface area contributed by atoms with Gasteiger partial charge >= 0.3 is 0 Å². The molecule has 0 aliphatic heterocycles. The molecule has 96 valence electrons. The van der Waals surface area contributed by atoms with E-state index >= 15 is 0 Å². The summed E-state index contributed by atoms with van der Waals surface area (Å²) < 4.78 is 5.64. The molecule has 0 saturated heterocycles. The molecule has 0 saturated carbocycles. The summed E-state index contributed by atoms with van der Waals surface area (Å²) in [4.78, 5) is 11.3. The third kappa shape index (κ3) is 3.11. The van der Waals surface area contributed by atoms with Gasteiger partial charge in [0, 0.05) is 6.42 Å². The quantitative estimate of drug-likeness (QED) is 0.582. The van der Waals surface area contributed by atoms with Crippen molar-refractivity contribution in [2.24, 2.45) is 0 Å². The van der Waals surface area contributed by atoms with Crippen LogP contribution in [0.4, 0.5) is 0 Å². The Morgan fingerprint density at radius 1 is 1.16 bits per heavy atom. The first-order valence-corrected chi connectivity index (χ1v) is 6.33. The number of carbonyl (C=O) groups is 1. The number of carbonyl (C=O) groups excluding carboxylic acids is 1. The maximum absolute atomic E-state index is 11.3. The first kappa shape index (κ1) is 13.1. The largest absolute Gasteiger partial charge is 0.493 e. The van der Waals surface area contributed by atoms with E-state index in [1.807, 2.05) is 36.4 Å². The zero-order chi connectivity index (χ0) is 13.5. The summed E-state index contributed by atoms with van der Waals surface area (Å²) in [6.07, 6.45) is 3.02. The first-order valence-electron chi connectivity index (χ1n) is 6.33. The van der Waals surface area contributed by atoms with Gasteiger partial charge in [0.05, 0.1) is 18.2 Å². The van der Waals surface area contributed by atoms with E-state index in [-0.39, 0.29) is 0 Å². The lowest BCUT2D eigenvalue weighted by Crippen LogP contribution is -2.00. The molecule has 0 spiro atoms. The molecule has 0 atom stereocenters. The molecular weight excluding hydrogens is 238 g/mol. The number of hydrogen-bond donors (Lipinski definition) is 0. The zero-order valence-electron chi connectivity index (χ0n) is 10.6. The Labute approximate surface area is 112 Å². The van der Waals surface area contributed by atoms with Gasteiger partial charge in [-0.05, 0) is 29.7 Å². The van der Waals surface area contributed by atoms with E-state index in [0.29, 0.717) is 24.3 Å². The van der Waals surface area contributed by atoms with Crippen LogP contribution in [0.3, 0.4) is 0 Å². The minimum Gasteiger partial charge on any atom is -0.493 e. The van der Waals surface area contributed by atoms with Crippen molar-refractivity contribution in [3.05, 3.63) is 42.0 Å². The Balaban J connectivity index is 2.15. The van der Waals surface area contributed by atoms with Crippen LogP contribution in [0.25, 0.3) is 10.8 Å². The monoisotopic (exact) mass is 253 g/mol. The number of ether oxygens (including phenoxy) is 1. The van der Waals surface area contributed by atoms with Gasteiger partial charge in [0.15, 0.2) is 6.29 Å². The predicted octanol–water partition coefficient (Wildman–Crippen LogP) is 3.72. The molecule has 19 heavy (non-hydrogen) atoms. The first-order chi connectivity index (χ1) is 9.36. The summed E-state index contributed by atoms with van der Waals surface area (Å²) in [6.45, 7) is 0.529. The average Bonchev–Trinajstić information content (AvgIpc) is 2.46. The van der Waals surface area contributed by atoms with E-state index in [1.165, 1.54) is 0 Å². The molecular formula is C16H15NO2. The maximum atomic E-state index is 11.3. The van der Waals surface area contributed by atoms with Crippen LogP contribution < -0.4 is 4.74 Å². The highest BCUT2D eigenvalue weighted by Gasteiger charge is 2.07. The van der Waals surface area contributed by atoms with Crippen molar-refractivity contribution < 1.29 is 9.53 Å². The number of aldehydes is 1. The van der Waals surface area contributed by atoms with Crippen molar-refractivity contribution in [3.8, 4) is 11.8 Å². The molecule has 0 unspecified atom stereocenters. The average molecular weight is 253 g/mol. The lowest BCUT2D eigenvalue weighted by molar-refractivity contribution is 0.112. The van der Waals surface area contributed by atoms with Crippen LogP contribution >= 0.6 is 0 Å². The predicted molar refractivity (Wildman–Crippen MR) is 74.3 cm³/mol. The van der Waals surface area contributed by atoms with Crippen LogP contribution in [0, 0.1) is 11.3 Å². The molecule has 2 aromatic carbocycles. The highest BCUT2D eigenvalue weighted by atomic mass is 16.5. The molecule has 0 N–H and O–H groups in total. The zero-order valence-corrected chi connectivity index (χ0v) is 10.6. The third-order valence-electron chi connectivity index (χ3n) is 2.99. The van der Waals surface area contributed by atoms with Gasteiger partial charge in [0.1, 0.15) is 5.75 Å². The van der Waals surface area contributed by atoms with Crippen LogP contribution in [-0.4, -0.2) is 12.9 Å². The number of fused-ring (bicyclic) bond motifs is 1. The molecule has 3 heteroatoms. The molecule has 0 radical (unpaired) electrons. The molecule has 0 aliphatic carbocycles. The SMILES string of the molecule is N#CCCCCOc1ccc2ccccc2c1C=O. The fourth-order valence-electron chi connectivity index (χ4n) is 2.01. The number of nitrogens with zero attached hydrogens (tertiary/aromatic N) is 1. The molecule has 0 aliphatic rings. The number of unbranched alkanes of at least 4 members (excludes halogenated alkanes) is 2. The van der Waals surface area contributed by atoms with Crippen LogP contribution in [-0.2, 0) is 0 Å². The number of rotatable bonds is 6. The normalized spacial score (nSPS) is 10.1. The standard InChI is InChI=1S/C16H15NO2/c17-10-4-1-5-11-19-16-9-8-13-6-2-3-7-14(13)15(16)12-18/h2-3,6-9,12H,1,4-5,11H2. The number of benzene rings is 2. The summed E-state index contributed by atoms with van der Waals surface area (Å²) in [6, 6.07) is 13.6. The topological polar surface area (TPSA) is 50.1 Å². The van der Waals surface area contributed by atoms with Crippen molar-refractivity contribution in [1.29, 1.82) is 5.26 Å². The lowest BCUT2D eigenvalue weighted by atomic mass is 10.0. The van der Waals surface area contributed by atoms with Gasteiger partial charge in [0.25, 0.3) is 0 Å². The van der Waals surface area contributed by atoms with Gasteiger partial charge in [0.2, 0.25) is 0 Å². The number of hydrogen-bond acceptors (Lipinski definition) is 3. The van der Waals surface area contributed by atoms with Gasteiger partial charge in [-0.2, -0.15) is 5.26 Å². The second-order valence-corrected chi connectivity index (χ2v) is 4.28. The third-order valence-corrected chi connectivity index (χ3v) is 2.99. The van der Waals surface area contributed by atoms with Crippen molar-refractivity contribution in [2.45, 2.75) is 19.3 Å². The van der Waals surface area contributed by atoms with Crippen LogP contribution in [0.5, 0.6) is 5.75 Å². The van der Waals surface area contributed by atoms with Gasteiger partial charge in [-0.15, -0.1) is 0 Å². The van der Waals surface area contributed by atoms with E-state index < -0.39 is 0 Å². The molecule has 2 aromatic rings. The lowest BCUT2D eigenvalue weighted by Gasteiger charge is -2.10. The summed E-state index contributed by atoms with van der Waals surface area (Å²) >= 11 is 0. The van der Waals surface area contributed by atoms with Crippen molar-refractivity contribution in [2.75, 3.05) is 6.61 Å². The fraction of sp³-hybridized carbons (Fsp3) is 0.250. The summed E-state index contributed by atoms with van der Waals surface area (Å²) in [5.41, 5.74) is 0.596. The van der Waals surface area contributed by atoms with Gasteiger partial charge < -0.3 is 4.74 Å². The van der Waals surface area contributed by atoms with Crippen molar-refractivity contribution in [3.63, 3.8) is 0 Å². The highest BCUT2D eigenvalue weighted by Crippen LogP contribution is 2.26. The van der Waals surface area contributed by atoms with Gasteiger partial charge in [-0.1, -0.05) is 30.3 Å². The Hall–Kier alpha value is -2.34. The second kappa shape index (κ2) is 6.55. The minimum atomic E-state index is 0.529. The molecule has 0 bridgehead atoms. The van der Waals surface area contributed by atoms with E-state index in [1.54, 1.807) is 0 Å². The van der Waals surface area contributed by atoms with E-state index in [0.717, 1.165) is 29.9 Å². The Kier molecular flexibility index (Phi) is 4.52. The van der Waals surface area contributed by atoms with Crippen molar-refractivity contribution >= 4 is 17.1 Å². The Morgan fingerprint density at radius 3 is 2.79 bits per heavy atom. The maximum Gasteiger partial charge on any atom is 0.154 e. The molecule has 0 heterocycles. The molecule has 0 fully saturated rings. The smallest absolute Gasteiger partial charge is 0.154 e. The second-order valence-electron chi connectivity index (χ2n) is 4.28. The highest BCUT2D eigenvalue weighted by molar-refractivity contribution is 6.00. The summed E-state index contributed by atoms with van der Waals surface area (Å²) in [5, 5.41) is 10.4. The van der Waals surface area contributed by atoms with E-state index in [2.05, 4.69) is 6.07 Å². The van der Waals surface area contributed by atoms with Gasteiger partial charge in [-0.25, -0.2) is 0 Å². The molecule has 0 amide bonds.